The van der Waals surface area contributed by atoms with Crippen molar-refractivity contribution >= 4 is 12.2 Å². The Balaban J connectivity index is 2.48. The van der Waals surface area contributed by atoms with Crippen molar-refractivity contribution in [2.45, 2.75) is 39.7 Å². The molecule has 6 heteroatoms. The van der Waals surface area contributed by atoms with Gasteiger partial charge in [0.15, 0.2) is 0 Å². The highest BCUT2D eigenvalue weighted by atomic mass is 16.6. The number of carbonyl (C=O) groups is 2. The van der Waals surface area contributed by atoms with E-state index in [0.29, 0.717) is 0 Å². The van der Waals surface area contributed by atoms with Crippen LogP contribution in [0.2, 0.25) is 0 Å². The third-order valence-electron chi connectivity index (χ3n) is 2.66. The number of azo groups is 1. The Morgan fingerprint density at radius 3 is 2.00 bits per heavy atom. The first-order valence-corrected chi connectivity index (χ1v) is 6.67. The van der Waals surface area contributed by atoms with Gasteiger partial charge in [0.25, 0.3) is 0 Å². The number of amides is 2. The zero-order chi connectivity index (χ0) is 15.9. The van der Waals surface area contributed by atoms with Crippen LogP contribution in [-0.4, -0.2) is 18.8 Å². The first kappa shape index (κ1) is 16.8. The lowest BCUT2D eigenvalue weighted by Crippen LogP contribution is -2.10. The number of benzene rings is 1. The van der Waals surface area contributed by atoms with Gasteiger partial charge in [0, 0.05) is 0 Å². The molecule has 0 heterocycles. The summed E-state index contributed by atoms with van der Waals surface area (Å²) in [5.74, 6) is 0. The second kappa shape index (κ2) is 7.52. The molecule has 0 aliphatic rings. The summed E-state index contributed by atoms with van der Waals surface area (Å²) in [7, 11) is 0. The van der Waals surface area contributed by atoms with Gasteiger partial charge in [-0.25, -0.2) is 9.59 Å². The fraction of sp³-hybridized carbons (Fsp3) is 0.467. The molecule has 0 spiro atoms. The molecule has 0 bridgehead atoms. The van der Waals surface area contributed by atoms with E-state index in [1.165, 1.54) is 5.56 Å². The molecular formula is C15H20N2O4. The van der Waals surface area contributed by atoms with E-state index in [1.54, 1.807) is 6.92 Å². The number of ether oxygens (including phenoxy) is 2. The first-order chi connectivity index (χ1) is 9.82. The number of hydrogen-bond acceptors (Lipinski definition) is 4. The summed E-state index contributed by atoms with van der Waals surface area (Å²) in [6.45, 7) is 8.25. The van der Waals surface area contributed by atoms with Crippen molar-refractivity contribution in [1.29, 1.82) is 0 Å². The van der Waals surface area contributed by atoms with Crippen molar-refractivity contribution in [2.75, 3.05) is 6.61 Å². The first-order valence-electron chi connectivity index (χ1n) is 6.67. The molecule has 1 aromatic rings. The van der Waals surface area contributed by atoms with Crippen LogP contribution in [-0.2, 0) is 21.5 Å². The van der Waals surface area contributed by atoms with Crippen LogP contribution < -0.4 is 0 Å². The minimum Gasteiger partial charge on any atom is -0.447 e. The minimum absolute atomic E-state index is 0.0725. The van der Waals surface area contributed by atoms with Gasteiger partial charge in [0.1, 0.15) is 6.61 Å². The van der Waals surface area contributed by atoms with Crippen LogP contribution in [0.15, 0.2) is 34.5 Å². The van der Waals surface area contributed by atoms with Crippen LogP contribution in [0.4, 0.5) is 9.59 Å². The topological polar surface area (TPSA) is 77.3 Å². The predicted octanol–water partition coefficient (Wildman–Crippen LogP) is 4.23. The largest absolute Gasteiger partial charge is 0.452 e. The van der Waals surface area contributed by atoms with E-state index in [0.717, 1.165) is 5.56 Å². The fourth-order valence-electron chi connectivity index (χ4n) is 1.51. The lowest BCUT2D eigenvalue weighted by Gasteiger charge is -2.19. The van der Waals surface area contributed by atoms with Crippen LogP contribution in [0, 0.1) is 0 Å². The molecule has 0 saturated carbocycles. The highest BCUT2D eigenvalue weighted by molar-refractivity contribution is 5.73. The third-order valence-corrected chi connectivity index (χ3v) is 2.66. The lowest BCUT2D eigenvalue weighted by atomic mass is 9.87. The zero-order valence-electron chi connectivity index (χ0n) is 12.8. The molecule has 0 unspecified atom stereocenters. The predicted molar refractivity (Wildman–Crippen MR) is 77.2 cm³/mol. The van der Waals surface area contributed by atoms with E-state index < -0.39 is 12.2 Å². The Morgan fingerprint density at radius 2 is 1.52 bits per heavy atom. The molecular weight excluding hydrogens is 272 g/mol. The maximum Gasteiger partial charge on any atom is 0.452 e. The Morgan fingerprint density at radius 1 is 1.00 bits per heavy atom. The Kier molecular flexibility index (Phi) is 6.02. The molecule has 0 N–H and O–H groups in total. The van der Waals surface area contributed by atoms with Crippen LogP contribution in [0.1, 0.15) is 38.8 Å². The number of carbonyl (C=O) groups excluding carboxylic acids is 2. The van der Waals surface area contributed by atoms with Crippen molar-refractivity contribution in [3.8, 4) is 0 Å². The molecule has 0 aliphatic heterocycles. The summed E-state index contributed by atoms with van der Waals surface area (Å²) in [5, 5.41) is 6.17. The third kappa shape index (κ3) is 6.16. The molecule has 2 amide bonds. The van der Waals surface area contributed by atoms with E-state index in [4.69, 9.17) is 4.74 Å². The van der Waals surface area contributed by atoms with Gasteiger partial charge in [-0.15, -0.1) is 0 Å². The van der Waals surface area contributed by atoms with E-state index in [1.807, 2.05) is 24.3 Å². The lowest BCUT2D eigenvalue weighted by molar-refractivity contribution is 0.144. The Hall–Kier alpha value is -2.24. The second-order valence-corrected chi connectivity index (χ2v) is 5.40. The molecule has 1 aromatic carbocycles. The summed E-state index contributed by atoms with van der Waals surface area (Å²) < 4.78 is 9.37. The van der Waals surface area contributed by atoms with Gasteiger partial charge < -0.3 is 9.47 Å². The van der Waals surface area contributed by atoms with Crippen molar-refractivity contribution in [2.24, 2.45) is 10.2 Å². The molecule has 0 radical (unpaired) electrons. The van der Waals surface area contributed by atoms with E-state index in [-0.39, 0.29) is 18.6 Å². The monoisotopic (exact) mass is 292 g/mol. The van der Waals surface area contributed by atoms with E-state index in [9.17, 15) is 9.59 Å². The normalized spacial score (nSPS) is 11.4. The van der Waals surface area contributed by atoms with Crippen LogP contribution in [0.5, 0.6) is 0 Å². The smallest absolute Gasteiger partial charge is 0.447 e. The van der Waals surface area contributed by atoms with Crippen LogP contribution >= 0.6 is 0 Å². The van der Waals surface area contributed by atoms with Crippen molar-refractivity contribution in [1.82, 2.24) is 0 Å². The van der Waals surface area contributed by atoms with Crippen LogP contribution in [0.3, 0.4) is 0 Å². The molecule has 0 fully saturated rings. The highest BCUT2D eigenvalue weighted by Gasteiger charge is 2.13. The molecule has 21 heavy (non-hydrogen) atoms. The summed E-state index contributed by atoms with van der Waals surface area (Å²) in [6, 6.07) is 7.75. The molecule has 1 rings (SSSR count). The maximum absolute atomic E-state index is 11.3. The molecule has 0 aliphatic carbocycles. The summed E-state index contributed by atoms with van der Waals surface area (Å²) in [4.78, 5) is 22.1. The highest BCUT2D eigenvalue weighted by Crippen LogP contribution is 2.22. The fourth-order valence-corrected chi connectivity index (χ4v) is 1.51. The van der Waals surface area contributed by atoms with Crippen LogP contribution in [0.25, 0.3) is 0 Å². The molecule has 0 saturated heterocycles. The standard InChI is InChI=1S/C15H20N2O4/c1-5-20-13(18)16-17-14(19)21-10-11-6-8-12(9-7-11)15(2,3)4/h6-9H,5,10H2,1-4H3. The quantitative estimate of drug-likeness (QED) is 0.781. The SMILES string of the molecule is CCOC(=O)N=NC(=O)OCc1ccc(C(C)(C)C)cc1. The number of hydrogen-bond donors (Lipinski definition) is 0. The van der Waals surface area contributed by atoms with E-state index in [2.05, 4.69) is 35.7 Å². The van der Waals surface area contributed by atoms with Gasteiger partial charge in [-0.1, -0.05) is 55.3 Å². The van der Waals surface area contributed by atoms with Crippen molar-refractivity contribution in [3.63, 3.8) is 0 Å². The van der Waals surface area contributed by atoms with Gasteiger partial charge in [0.2, 0.25) is 0 Å². The average Bonchev–Trinajstić information content (AvgIpc) is 2.43. The van der Waals surface area contributed by atoms with Crippen molar-refractivity contribution < 1.29 is 19.1 Å². The van der Waals surface area contributed by atoms with Crippen molar-refractivity contribution in [3.05, 3.63) is 35.4 Å². The van der Waals surface area contributed by atoms with Gasteiger partial charge in [0.05, 0.1) is 6.61 Å². The average molecular weight is 292 g/mol. The van der Waals surface area contributed by atoms with Gasteiger partial charge in [-0.2, -0.15) is 0 Å². The maximum atomic E-state index is 11.3. The molecule has 114 valence electrons. The summed E-state index contributed by atoms with van der Waals surface area (Å²) >= 11 is 0. The molecule has 6 nitrogen and oxygen atoms in total. The molecule has 0 atom stereocenters. The van der Waals surface area contributed by atoms with Gasteiger partial charge >= 0.3 is 12.2 Å². The Bertz CT molecular complexity index is 515. The minimum atomic E-state index is -0.928. The zero-order valence-corrected chi connectivity index (χ0v) is 12.8. The molecule has 0 aromatic heterocycles. The Labute approximate surface area is 124 Å². The van der Waals surface area contributed by atoms with Gasteiger partial charge in [-0.3, -0.25) is 0 Å². The van der Waals surface area contributed by atoms with Gasteiger partial charge in [-0.05, 0) is 23.5 Å². The number of nitrogens with zero attached hydrogens (tertiary/aromatic N) is 2. The number of rotatable bonds is 3. The van der Waals surface area contributed by atoms with E-state index >= 15 is 0 Å². The second-order valence-electron chi connectivity index (χ2n) is 5.40. The summed E-state index contributed by atoms with van der Waals surface area (Å²) in [6.07, 6.45) is -1.84. The summed E-state index contributed by atoms with van der Waals surface area (Å²) in [5.41, 5.74) is 2.10.